The summed E-state index contributed by atoms with van der Waals surface area (Å²) in [5.74, 6) is -6.63. The molecule has 0 aliphatic rings. The van der Waals surface area contributed by atoms with Crippen LogP contribution in [0.2, 0.25) is 0 Å². The van der Waals surface area contributed by atoms with Crippen molar-refractivity contribution in [3.05, 3.63) is 23.5 Å². The fourth-order valence-corrected chi connectivity index (χ4v) is 1.18. The summed E-state index contributed by atoms with van der Waals surface area (Å²) in [5.41, 5.74) is -1.98. The highest BCUT2D eigenvalue weighted by atomic mass is 19.2. The highest BCUT2D eigenvalue weighted by Gasteiger charge is 2.31. The Morgan fingerprint density at radius 2 is 1.53 bits per heavy atom. The van der Waals surface area contributed by atoms with E-state index in [9.17, 15) is 17.6 Å². The summed E-state index contributed by atoms with van der Waals surface area (Å²) in [6.45, 7) is 2.47. The summed E-state index contributed by atoms with van der Waals surface area (Å²) in [4.78, 5) is 3.37. The number of aromatic nitrogens is 1. The van der Waals surface area contributed by atoms with Gasteiger partial charge in [-0.15, -0.1) is 0 Å². The fraction of sp³-hybridized carbons (Fsp3) is 0.500. The Labute approximate surface area is 95.7 Å². The van der Waals surface area contributed by atoms with Crippen LogP contribution in [0.25, 0.3) is 0 Å². The van der Waals surface area contributed by atoms with Gasteiger partial charge in [-0.25, -0.2) is 0 Å². The molecule has 0 saturated carbocycles. The van der Waals surface area contributed by atoms with Crippen molar-refractivity contribution in [2.75, 3.05) is 18.6 Å². The highest BCUT2D eigenvalue weighted by molar-refractivity contribution is 5.50. The minimum absolute atomic E-state index is 0.450. The van der Waals surface area contributed by atoms with E-state index >= 15 is 0 Å². The zero-order chi connectivity index (χ0) is 13.4. The molecule has 1 N–H and O–H groups in total. The Kier molecular flexibility index (Phi) is 3.61. The minimum atomic E-state index is -1.72. The van der Waals surface area contributed by atoms with Crippen molar-refractivity contribution in [1.82, 2.24) is 4.98 Å². The van der Waals surface area contributed by atoms with Crippen LogP contribution in [0.1, 0.15) is 13.8 Å². The van der Waals surface area contributed by atoms with Crippen molar-refractivity contribution in [3.63, 3.8) is 0 Å². The van der Waals surface area contributed by atoms with Crippen molar-refractivity contribution in [1.29, 1.82) is 0 Å². The molecule has 0 aliphatic heterocycles. The van der Waals surface area contributed by atoms with Gasteiger partial charge in [0.25, 0.3) is 11.9 Å². The number of nitrogens with zero attached hydrogens (tertiary/aromatic N) is 2. The molecule has 0 spiro atoms. The first kappa shape index (κ1) is 13.7. The zero-order valence-electron chi connectivity index (χ0n) is 9.56. The summed E-state index contributed by atoms with van der Waals surface area (Å²) in [7, 11) is 1.22. The molecule has 0 aromatic carbocycles. The lowest BCUT2D eigenvalue weighted by molar-refractivity contribution is 0.214. The van der Waals surface area contributed by atoms with E-state index in [2.05, 4.69) is 4.98 Å². The van der Waals surface area contributed by atoms with Crippen molar-refractivity contribution in [2.45, 2.75) is 19.4 Å². The number of pyridine rings is 1. The molecule has 0 fully saturated rings. The Morgan fingerprint density at radius 1 is 1.12 bits per heavy atom. The highest BCUT2D eigenvalue weighted by Crippen LogP contribution is 2.29. The summed E-state index contributed by atoms with van der Waals surface area (Å²) in [5, 5.41) is 9.06. The third kappa shape index (κ3) is 2.33. The Morgan fingerprint density at radius 3 is 1.88 bits per heavy atom. The Bertz CT molecular complexity index is 411. The molecule has 0 atom stereocenters. The summed E-state index contributed by atoms with van der Waals surface area (Å²) < 4.78 is 52.6. The molecule has 3 nitrogen and oxygen atoms in total. The average molecular weight is 252 g/mol. The topological polar surface area (TPSA) is 36.4 Å². The van der Waals surface area contributed by atoms with Gasteiger partial charge in [0.15, 0.2) is 0 Å². The van der Waals surface area contributed by atoms with Gasteiger partial charge in [-0.1, -0.05) is 0 Å². The van der Waals surface area contributed by atoms with Crippen LogP contribution in [0.4, 0.5) is 23.2 Å². The summed E-state index contributed by atoms with van der Waals surface area (Å²) in [6, 6.07) is 0. The second-order valence-electron chi connectivity index (χ2n) is 4.20. The first-order valence-corrected chi connectivity index (χ1v) is 4.77. The van der Waals surface area contributed by atoms with Crippen LogP contribution in [0.5, 0.6) is 0 Å². The smallest absolute Gasteiger partial charge is 0.253 e. The van der Waals surface area contributed by atoms with E-state index < -0.39 is 41.4 Å². The average Bonchev–Trinajstić information content (AvgIpc) is 2.26. The Balaban J connectivity index is 3.41. The Hall–Kier alpha value is -1.37. The minimum Gasteiger partial charge on any atom is -0.394 e. The summed E-state index contributed by atoms with van der Waals surface area (Å²) in [6.07, 6.45) is 0. The molecule has 7 heteroatoms. The van der Waals surface area contributed by atoms with Gasteiger partial charge in [0.2, 0.25) is 11.6 Å². The molecule has 0 bridgehead atoms. The maximum atomic E-state index is 13.4. The molecular weight excluding hydrogens is 240 g/mol. The van der Waals surface area contributed by atoms with Gasteiger partial charge in [-0.05, 0) is 13.8 Å². The molecule has 0 aliphatic carbocycles. The zero-order valence-corrected chi connectivity index (χ0v) is 9.56. The van der Waals surface area contributed by atoms with E-state index in [1.807, 2.05) is 0 Å². The molecule has 1 aromatic rings. The predicted octanol–water partition coefficient (Wildman–Crippen LogP) is 1.85. The molecule has 0 saturated heterocycles. The van der Waals surface area contributed by atoms with E-state index in [1.165, 1.54) is 20.9 Å². The van der Waals surface area contributed by atoms with E-state index in [0.29, 0.717) is 0 Å². The molecule has 0 unspecified atom stereocenters. The largest absolute Gasteiger partial charge is 0.394 e. The second kappa shape index (κ2) is 4.48. The van der Waals surface area contributed by atoms with Crippen LogP contribution < -0.4 is 4.90 Å². The predicted molar refractivity (Wildman–Crippen MR) is 53.6 cm³/mol. The maximum absolute atomic E-state index is 13.4. The summed E-state index contributed by atoms with van der Waals surface area (Å²) >= 11 is 0. The van der Waals surface area contributed by atoms with Crippen LogP contribution in [-0.4, -0.2) is 29.3 Å². The number of likely N-dealkylation sites (N-methyl/N-ethyl adjacent to an activating group) is 1. The normalized spacial score (nSPS) is 11.8. The molecule has 1 rings (SSSR count). The molecule has 0 amide bonds. The standard InChI is InChI=1S/C10H12F4N2O/c1-10(2,4-17)16(3)7-5(11)8(13)15-9(14)6(7)12/h17H,4H2,1-3H3. The van der Waals surface area contributed by atoms with E-state index in [1.54, 1.807) is 0 Å². The first-order chi connectivity index (χ1) is 7.72. The molecule has 96 valence electrons. The van der Waals surface area contributed by atoms with Crippen molar-refractivity contribution >= 4 is 5.69 Å². The van der Waals surface area contributed by atoms with E-state index in [0.717, 1.165) is 4.90 Å². The number of hydrogen-bond acceptors (Lipinski definition) is 3. The monoisotopic (exact) mass is 252 g/mol. The number of aliphatic hydroxyl groups excluding tert-OH is 1. The molecule has 0 radical (unpaired) electrons. The third-order valence-corrected chi connectivity index (χ3v) is 2.60. The van der Waals surface area contributed by atoms with E-state index in [4.69, 9.17) is 5.11 Å². The van der Waals surface area contributed by atoms with Gasteiger partial charge in [-0.3, -0.25) is 0 Å². The van der Waals surface area contributed by atoms with Crippen molar-refractivity contribution in [2.24, 2.45) is 0 Å². The number of rotatable bonds is 3. The molecule has 1 aromatic heterocycles. The van der Waals surface area contributed by atoms with Crippen LogP contribution >= 0.6 is 0 Å². The van der Waals surface area contributed by atoms with Crippen LogP contribution in [0.3, 0.4) is 0 Å². The quantitative estimate of drug-likeness (QED) is 0.658. The molecule has 17 heavy (non-hydrogen) atoms. The van der Waals surface area contributed by atoms with Crippen LogP contribution in [0, 0.1) is 23.5 Å². The maximum Gasteiger partial charge on any atom is 0.253 e. The molecular formula is C10H12F4N2O. The number of aliphatic hydroxyl groups is 1. The first-order valence-electron chi connectivity index (χ1n) is 4.77. The lowest BCUT2D eigenvalue weighted by atomic mass is 10.0. The van der Waals surface area contributed by atoms with E-state index in [-0.39, 0.29) is 0 Å². The van der Waals surface area contributed by atoms with Gasteiger partial charge in [0.1, 0.15) is 5.69 Å². The number of halogens is 4. The number of anilines is 1. The molecule has 1 heterocycles. The van der Waals surface area contributed by atoms with Crippen LogP contribution in [0.15, 0.2) is 0 Å². The van der Waals surface area contributed by atoms with Crippen molar-refractivity contribution in [3.8, 4) is 0 Å². The number of hydrogen-bond donors (Lipinski definition) is 1. The third-order valence-electron chi connectivity index (χ3n) is 2.60. The second-order valence-corrected chi connectivity index (χ2v) is 4.20. The lowest BCUT2D eigenvalue weighted by Crippen LogP contribution is -2.45. The van der Waals surface area contributed by atoms with Gasteiger partial charge in [-0.2, -0.15) is 22.5 Å². The van der Waals surface area contributed by atoms with Gasteiger partial charge in [0.05, 0.1) is 12.1 Å². The van der Waals surface area contributed by atoms with Gasteiger partial charge >= 0.3 is 0 Å². The van der Waals surface area contributed by atoms with Crippen LogP contribution in [-0.2, 0) is 0 Å². The SMILES string of the molecule is CN(c1c(F)c(F)nc(F)c1F)C(C)(C)CO. The van der Waals surface area contributed by atoms with Crippen molar-refractivity contribution < 1.29 is 22.7 Å². The van der Waals surface area contributed by atoms with Gasteiger partial charge in [0, 0.05) is 7.05 Å². The van der Waals surface area contributed by atoms with Gasteiger partial charge < -0.3 is 10.0 Å². The fourth-order valence-electron chi connectivity index (χ4n) is 1.18. The lowest BCUT2D eigenvalue weighted by Gasteiger charge is -2.35.